The van der Waals surface area contributed by atoms with Crippen molar-refractivity contribution in [3.63, 3.8) is 0 Å². The zero-order valence-corrected chi connectivity index (χ0v) is 22.2. The number of anilines is 1. The van der Waals surface area contributed by atoms with E-state index in [2.05, 4.69) is 25.1 Å². The quantitative estimate of drug-likeness (QED) is 0.434. The molecule has 4 aliphatic rings. The fraction of sp³-hybridized carbons (Fsp3) is 0.552. The number of fused-ring (bicyclic) bond motifs is 4. The second-order valence-electron chi connectivity index (χ2n) is 11.7. The molecule has 0 radical (unpaired) electrons. The summed E-state index contributed by atoms with van der Waals surface area (Å²) in [7, 11) is 0. The molecule has 4 fully saturated rings. The summed E-state index contributed by atoms with van der Waals surface area (Å²) in [6.45, 7) is 3.98. The number of benzene rings is 1. The van der Waals surface area contributed by atoms with Gasteiger partial charge in [-0.1, -0.05) is 24.3 Å². The minimum Gasteiger partial charge on any atom is -0.461 e. The van der Waals surface area contributed by atoms with Gasteiger partial charge in [0.2, 0.25) is 0 Å². The number of hydrogen-bond donors (Lipinski definition) is 1. The summed E-state index contributed by atoms with van der Waals surface area (Å²) in [5.74, 6) is -0.201. The van der Waals surface area contributed by atoms with Crippen molar-refractivity contribution in [2.24, 2.45) is 0 Å². The molecule has 2 aromatic heterocycles. The molecule has 1 aromatic carbocycles. The van der Waals surface area contributed by atoms with Crippen molar-refractivity contribution >= 4 is 16.7 Å². The van der Waals surface area contributed by atoms with Gasteiger partial charge in [-0.25, -0.2) is 4.39 Å². The first-order valence-electron chi connectivity index (χ1n) is 14.2. The lowest BCUT2D eigenvalue weighted by Gasteiger charge is -2.34. The maximum Gasteiger partial charge on any atom is 0.393 e. The molecule has 0 saturated carbocycles. The number of rotatable bonds is 6. The highest BCUT2D eigenvalue weighted by atomic mass is 19.4. The molecule has 0 aliphatic carbocycles. The van der Waals surface area contributed by atoms with Gasteiger partial charge in [0.1, 0.15) is 23.6 Å². The number of hydrogen-bond acceptors (Lipinski definition) is 7. The molecule has 0 amide bonds. The van der Waals surface area contributed by atoms with Gasteiger partial charge in [0.25, 0.3) is 0 Å². The molecule has 4 saturated heterocycles. The van der Waals surface area contributed by atoms with Crippen LogP contribution in [0.1, 0.15) is 44.1 Å². The first-order valence-corrected chi connectivity index (χ1v) is 14.2. The molecule has 7 nitrogen and oxygen atoms in total. The Labute approximate surface area is 229 Å². The van der Waals surface area contributed by atoms with Crippen molar-refractivity contribution < 1.29 is 22.3 Å². The molecule has 40 heavy (non-hydrogen) atoms. The second-order valence-corrected chi connectivity index (χ2v) is 11.7. The Morgan fingerprint density at radius 3 is 2.48 bits per heavy atom. The van der Waals surface area contributed by atoms with E-state index in [0.29, 0.717) is 29.9 Å². The van der Waals surface area contributed by atoms with Crippen LogP contribution in [0.4, 0.5) is 23.4 Å². The summed E-state index contributed by atoms with van der Waals surface area (Å²) in [4.78, 5) is 18.3. The molecular weight excluding hydrogens is 524 g/mol. The molecule has 0 spiro atoms. The van der Waals surface area contributed by atoms with Crippen LogP contribution in [0.5, 0.6) is 6.01 Å². The highest BCUT2D eigenvalue weighted by Crippen LogP contribution is 2.40. The van der Waals surface area contributed by atoms with Gasteiger partial charge in [-0.3, -0.25) is 9.88 Å². The minimum absolute atomic E-state index is 0.0184. The van der Waals surface area contributed by atoms with E-state index in [1.165, 1.54) is 24.4 Å². The van der Waals surface area contributed by atoms with Crippen LogP contribution in [-0.4, -0.2) is 76.4 Å². The molecule has 6 heterocycles. The van der Waals surface area contributed by atoms with Gasteiger partial charge in [-0.15, -0.1) is 0 Å². The van der Waals surface area contributed by atoms with Gasteiger partial charge < -0.3 is 15.0 Å². The number of ether oxygens (including phenoxy) is 1. The topological polar surface area (TPSA) is 66.4 Å². The van der Waals surface area contributed by atoms with Crippen LogP contribution in [0.3, 0.4) is 0 Å². The predicted molar refractivity (Wildman–Crippen MR) is 143 cm³/mol. The zero-order valence-electron chi connectivity index (χ0n) is 22.2. The summed E-state index contributed by atoms with van der Waals surface area (Å²) < 4.78 is 62.5. The Kier molecular flexibility index (Phi) is 6.34. The second kappa shape index (κ2) is 9.80. The number of pyridine rings is 1. The highest BCUT2D eigenvalue weighted by Gasteiger charge is 2.45. The largest absolute Gasteiger partial charge is 0.461 e. The molecule has 11 heteroatoms. The molecular formula is C29H32F4N6O. The molecule has 2 unspecified atom stereocenters. The maximum atomic E-state index is 16.3. The van der Waals surface area contributed by atoms with Crippen molar-refractivity contribution in [1.29, 1.82) is 0 Å². The third-order valence-corrected chi connectivity index (χ3v) is 9.10. The summed E-state index contributed by atoms with van der Waals surface area (Å²) in [6.07, 6.45) is 2.37. The van der Waals surface area contributed by atoms with Crippen molar-refractivity contribution in [2.75, 3.05) is 37.7 Å². The van der Waals surface area contributed by atoms with Crippen molar-refractivity contribution in [2.45, 2.75) is 68.7 Å². The Hall–Kier alpha value is -3.05. The Balaban J connectivity index is 1.31. The van der Waals surface area contributed by atoms with Crippen LogP contribution in [-0.2, 0) is 6.42 Å². The number of aromatic nitrogens is 3. The van der Waals surface area contributed by atoms with Crippen LogP contribution in [0.2, 0.25) is 0 Å². The van der Waals surface area contributed by atoms with Crippen LogP contribution in [0.25, 0.3) is 22.2 Å². The fourth-order valence-electron chi connectivity index (χ4n) is 7.27. The number of halogens is 4. The summed E-state index contributed by atoms with van der Waals surface area (Å²) in [6, 6.07) is 6.68. The van der Waals surface area contributed by atoms with Crippen molar-refractivity contribution in [3.8, 4) is 17.3 Å². The first-order chi connectivity index (χ1) is 19.3. The summed E-state index contributed by atoms with van der Waals surface area (Å²) in [5, 5.41) is 4.04. The van der Waals surface area contributed by atoms with E-state index in [1.54, 1.807) is 6.07 Å². The van der Waals surface area contributed by atoms with E-state index in [-0.39, 0.29) is 33.9 Å². The van der Waals surface area contributed by atoms with Crippen LogP contribution < -0.4 is 15.0 Å². The van der Waals surface area contributed by atoms with E-state index in [1.807, 2.05) is 0 Å². The van der Waals surface area contributed by atoms with Gasteiger partial charge in [0, 0.05) is 36.9 Å². The molecule has 4 aliphatic heterocycles. The SMILES string of the molecule is Fc1c(-c2ccccc2CC(F)(F)F)ncc2c(N3CC4CCC(C3)N4)nc(OCC34CCCN3CCC4)nc12. The maximum absolute atomic E-state index is 16.3. The van der Waals surface area contributed by atoms with Gasteiger partial charge in [-0.2, -0.15) is 23.1 Å². The molecule has 1 N–H and O–H groups in total. The number of nitrogens with one attached hydrogen (secondary N) is 1. The van der Waals surface area contributed by atoms with E-state index >= 15 is 4.39 Å². The average Bonchev–Trinajstić information content (AvgIpc) is 3.61. The third-order valence-electron chi connectivity index (χ3n) is 9.10. The monoisotopic (exact) mass is 556 g/mol. The van der Waals surface area contributed by atoms with Crippen LogP contribution >= 0.6 is 0 Å². The molecule has 3 aromatic rings. The van der Waals surface area contributed by atoms with Gasteiger partial charge in [-0.05, 0) is 57.2 Å². The van der Waals surface area contributed by atoms with Crippen LogP contribution in [0, 0.1) is 5.82 Å². The van der Waals surface area contributed by atoms with Crippen LogP contribution in [0.15, 0.2) is 30.5 Å². The summed E-state index contributed by atoms with van der Waals surface area (Å²) >= 11 is 0. The smallest absolute Gasteiger partial charge is 0.393 e. The highest BCUT2D eigenvalue weighted by molar-refractivity contribution is 5.92. The lowest BCUT2D eigenvalue weighted by Crippen LogP contribution is -2.51. The predicted octanol–water partition coefficient (Wildman–Crippen LogP) is 4.88. The molecule has 2 bridgehead atoms. The molecule has 7 rings (SSSR count). The lowest BCUT2D eigenvalue weighted by molar-refractivity contribution is -0.127. The van der Waals surface area contributed by atoms with E-state index < -0.39 is 18.4 Å². The van der Waals surface area contributed by atoms with Gasteiger partial charge in [0.15, 0.2) is 5.82 Å². The van der Waals surface area contributed by atoms with Gasteiger partial charge >= 0.3 is 12.2 Å². The number of alkyl halides is 3. The summed E-state index contributed by atoms with van der Waals surface area (Å²) in [5.41, 5.74) is -0.101. The minimum atomic E-state index is -4.44. The van der Waals surface area contributed by atoms with E-state index in [0.717, 1.165) is 64.7 Å². The Bertz CT molecular complexity index is 1410. The number of nitrogens with zero attached hydrogens (tertiary/aromatic N) is 5. The molecule has 2 atom stereocenters. The Morgan fingerprint density at radius 2 is 1.75 bits per heavy atom. The fourth-order valence-corrected chi connectivity index (χ4v) is 7.27. The van der Waals surface area contributed by atoms with E-state index in [9.17, 15) is 13.2 Å². The van der Waals surface area contributed by atoms with Gasteiger partial charge in [0.05, 0.1) is 17.3 Å². The van der Waals surface area contributed by atoms with Crippen molar-refractivity contribution in [3.05, 3.63) is 41.8 Å². The number of piperazine rings is 1. The lowest BCUT2D eigenvalue weighted by atomic mass is 9.95. The third kappa shape index (κ3) is 4.66. The zero-order chi connectivity index (χ0) is 27.5. The first kappa shape index (κ1) is 25.9. The molecule has 212 valence electrons. The standard InChI is InChI=1S/C29H32F4N6O/c30-23-24(21-6-2-1-5-18(21)13-29(31,32)33)34-14-22-25(23)36-27(40-17-28-9-3-11-39(28)12-4-10-28)37-26(22)38-15-19-7-8-20(16-38)35-19/h1-2,5-6,14,19-20,35H,3-4,7-13,15-17H2. The normalized spacial score (nSPS) is 24.1. The van der Waals surface area contributed by atoms with Crippen molar-refractivity contribution in [1.82, 2.24) is 25.2 Å². The van der Waals surface area contributed by atoms with E-state index in [4.69, 9.17) is 9.72 Å². The Morgan fingerprint density at radius 1 is 1.02 bits per heavy atom. The average molecular weight is 557 g/mol.